The molecule has 1 aromatic carbocycles. The Labute approximate surface area is 87.1 Å². The number of hydrogen-bond acceptors (Lipinski definition) is 1. The Morgan fingerprint density at radius 3 is 2.43 bits per heavy atom. The molecule has 0 aliphatic carbocycles. The van der Waals surface area contributed by atoms with Crippen LogP contribution in [0.4, 0.5) is 5.69 Å². The summed E-state index contributed by atoms with van der Waals surface area (Å²) < 4.78 is 0. The van der Waals surface area contributed by atoms with Crippen LogP contribution in [0.5, 0.6) is 0 Å². The summed E-state index contributed by atoms with van der Waals surface area (Å²) in [6.07, 6.45) is 1.90. The molecule has 1 nitrogen and oxygen atoms in total. The van der Waals surface area contributed by atoms with Crippen LogP contribution in [0, 0.1) is 6.92 Å². The van der Waals surface area contributed by atoms with Gasteiger partial charge in [0.25, 0.3) is 0 Å². The van der Waals surface area contributed by atoms with Crippen LogP contribution in [-0.2, 0) is 0 Å². The summed E-state index contributed by atoms with van der Waals surface area (Å²) in [5.41, 5.74) is 3.85. The molecule has 1 aromatic rings. The van der Waals surface area contributed by atoms with Crippen molar-refractivity contribution >= 4 is 11.8 Å². The molecule has 0 aromatic heterocycles. The van der Waals surface area contributed by atoms with Gasteiger partial charge in [0.1, 0.15) is 0 Å². The molecular formula is C13H19N. The van der Waals surface area contributed by atoms with Crippen molar-refractivity contribution in [3.8, 4) is 0 Å². The Kier molecular flexibility index (Phi) is 3.75. The van der Waals surface area contributed by atoms with Gasteiger partial charge >= 0.3 is 0 Å². The van der Waals surface area contributed by atoms with E-state index in [1.807, 2.05) is 6.08 Å². The molecule has 0 saturated heterocycles. The Hall–Kier alpha value is -1.24. The van der Waals surface area contributed by atoms with Gasteiger partial charge in [0.2, 0.25) is 0 Å². The molecule has 0 bridgehead atoms. The van der Waals surface area contributed by atoms with Crippen molar-refractivity contribution in [1.82, 2.24) is 0 Å². The van der Waals surface area contributed by atoms with Crippen molar-refractivity contribution in [2.75, 3.05) is 18.0 Å². The Bertz CT molecular complexity index is 311. The van der Waals surface area contributed by atoms with Gasteiger partial charge in [-0.25, -0.2) is 0 Å². The van der Waals surface area contributed by atoms with Crippen molar-refractivity contribution in [3.63, 3.8) is 0 Å². The van der Waals surface area contributed by atoms with Gasteiger partial charge in [-0.1, -0.05) is 24.8 Å². The lowest BCUT2D eigenvalue weighted by Gasteiger charge is -2.23. The second-order valence-corrected chi connectivity index (χ2v) is 3.42. The van der Waals surface area contributed by atoms with Crippen LogP contribution in [0.25, 0.3) is 6.08 Å². The summed E-state index contributed by atoms with van der Waals surface area (Å²) in [4.78, 5) is 2.36. The first kappa shape index (κ1) is 10.8. The summed E-state index contributed by atoms with van der Waals surface area (Å²) in [6, 6.07) is 6.47. The smallest absolute Gasteiger partial charge is 0.0401 e. The Morgan fingerprint density at radius 2 is 1.93 bits per heavy atom. The van der Waals surface area contributed by atoms with E-state index in [1.165, 1.54) is 16.8 Å². The van der Waals surface area contributed by atoms with Crippen LogP contribution in [0.15, 0.2) is 24.8 Å². The van der Waals surface area contributed by atoms with E-state index in [9.17, 15) is 0 Å². The predicted molar refractivity (Wildman–Crippen MR) is 64.8 cm³/mol. The van der Waals surface area contributed by atoms with Crippen molar-refractivity contribution in [2.24, 2.45) is 0 Å². The van der Waals surface area contributed by atoms with Crippen LogP contribution in [0.2, 0.25) is 0 Å². The van der Waals surface area contributed by atoms with Gasteiger partial charge in [0, 0.05) is 18.8 Å². The number of benzene rings is 1. The highest BCUT2D eigenvalue weighted by Crippen LogP contribution is 2.21. The molecule has 0 atom stereocenters. The van der Waals surface area contributed by atoms with Gasteiger partial charge in [-0.05, 0) is 38.0 Å². The molecule has 0 radical (unpaired) electrons. The minimum absolute atomic E-state index is 1.05. The summed E-state index contributed by atoms with van der Waals surface area (Å²) in [5.74, 6) is 0. The normalized spacial score (nSPS) is 9.93. The topological polar surface area (TPSA) is 3.24 Å². The maximum absolute atomic E-state index is 3.79. The third-order valence-electron chi connectivity index (χ3n) is 2.57. The molecular weight excluding hydrogens is 170 g/mol. The third-order valence-corrected chi connectivity index (χ3v) is 2.57. The maximum atomic E-state index is 3.79. The minimum atomic E-state index is 1.05. The van der Waals surface area contributed by atoms with Gasteiger partial charge in [-0.15, -0.1) is 0 Å². The van der Waals surface area contributed by atoms with Crippen molar-refractivity contribution in [3.05, 3.63) is 35.9 Å². The molecule has 0 N–H and O–H groups in total. The third kappa shape index (κ3) is 2.16. The summed E-state index contributed by atoms with van der Waals surface area (Å²) in [5, 5.41) is 0. The Morgan fingerprint density at radius 1 is 1.29 bits per heavy atom. The van der Waals surface area contributed by atoms with E-state index in [2.05, 4.69) is 50.4 Å². The largest absolute Gasteiger partial charge is 0.372 e. The summed E-state index contributed by atoms with van der Waals surface area (Å²) >= 11 is 0. The second kappa shape index (κ2) is 4.85. The zero-order chi connectivity index (χ0) is 10.6. The fraction of sp³-hybridized carbons (Fsp3) is 0.385. The van der Waals surface area contributed by atoms with Crippen LogP contribution in [-0.4, -0.2) is 13.1 Å². The van der Waals surface area contributed by atoms with E-state index in [0.717, 1.165) is 13.1 Å². The zero-order valence-corrected chi connectivity index (χ0v) is 9.38. The number of anilines is 1. The highest BCUT2D eigenvalue weighted by Gasteiger charge is 2.04. The number of aryl methyl sites for hydroxylation is 1. The van der Waals surface area contributed by atoms with Crippen LogP contribution in [0.3, 0.4) is 0 Å². The summed E-state index contributed by atoms with van der Waals surface area (Å²) in [6.45, 7) is 12.4. The molecule has 1 heteroatoms. The van der Waals surface area contributed by atoms with Gasteiger partial charge in [0.05, 0.1) is 0 Å². The van der Waals surface area contributed by atoms with Gasteiger partial charge in [-0.2, -0.15) is 0 Å². The number of hydrogen-bond donors (Lipinski definition) is 0. The number of rotatable bonds is 4. The lowest BCUT2D eigenvalue weighted by atomic mass is 10.1. The lowest BCUT2D eigenvalue weighted by molar-refractivity contribution is 0.861. The number of nitrogens with zero attached hydrogens (tertiary/aromatic N) is 1. The van der Waals surface area contributed by atoms with E-state index >= 15 is 0 Å². The first-order chi connectivity index (χ1) is 6.72. The molecule has 0 amide bonds. The van der Waals surface area contributed by atoms with Crippen LogP contribution >= 0.6 is 0 Å². The Balaban J connectivity index is 3.10. The first-order valence-corrected chi connectivity index (χ1v) is 5.21. The molecule has 0 spiro atoms. The molecule has 0 saturated carbocycles. The molecule has 0 aliphatic heterocycles. The van der Waals surface area contributed by atoms with E-state index in [0.29, 0.717) is 0 Å². The quantitative estimate of drug-likeness (QED) is 0.701. The second-order valence-electron chi connectivity index (χ2n) is 3.42. The average Bonchev–Trinajstić information content (AvgIpc) is 2.22. The van der Waals surface area contributed by atoms with Gasteiger partial charge < -0.3 is 4.90 Å². The van der Waals surface area contributed by atoms with Gasteiger partial charge in [-0.3, -0.25) is 0 Å². The molecule has 14 heavy (non-hydrogen) atoms. The van der Waals surface area contributed by atoms with Crippen molar-refractivity contribution in [2.45, 2.75) is 20.8 Å². The SMILES string of the molecule is C=Cc1ccc(C)c(N(CC)CC)c1. The molecule has 0 unspecified atom stereocenters. The average molecular weight is 189 g/mol. The predicted octanol–water partition coefficient (Wildman–Crippen LogP) is 3.48. The molecule has 76 valence electrons. The van der Waals surface area contributed by atoms with E-state index in [4.69, 9.17) is 0 Å². The minimum Gasteiger partial charge on any atom is -0.372 e. The molecule has 0 fully saturated rings. The zero-order valence-electron chi connectivity index (χ0n) is 9.38. The van der Waals surface area contributed by atoms with E-state index in [-0.39, 0.29) is 0 Å². The van der Waals surface area contributed by atoms with Gasteiger partial charge in [0.15, 0.2) is 0 Å². The van der Waals surface area contributed by atoms with Crippen LogP contribution < -0.4 is 4.90 Å². The van der Waals surface area contributed by atoms with Crippen molar-refractivity contribution in [1.29, 1.82) is 0 Å². The standard InChI is InChI=1S/C13H19N/c1-5-12-9-8-11(4)13(10-12)14(6-2)7-3/h5,8-10H,1,6-7H2,2-4H3. The molecule has 0 aliphatic rings. The summed E-state index contributed by atoms with van der Waals surface area (Å²) in [7, 11) is 0. The lowest BCUT2D eigenvalue weighted by Crippen LogP contribution is -2.22. The van der Waals surface area contributed by atoms with E-state index < -0.39 is 0 Å². The fourth-order valence-corrected chi connectivity index (χ4v) is 1.66. The van der Waals surface area contributed by atoms with E-state index in [1.54, 1.807) is 0 Å². The molecule has 1 rings (SSSR count). The fourth-order valence-electron chi connectivity index (χ4n) is 1.66. The highest BCUT2D eigenvalue weighted by molar-refractivity contribution is 5.61. The monoisotopic (exact) mass is 189 g/mol. The highest BCUT2D eigenvalue weighted by atomic mass is 15.1. The first-order valence-electron chi connectivity index (χ1n) is 5.21. The maximum Gasteiger partial charge on any atom is 0.0401 e. The van der Waals surface area contributed by atoms with Crippen molar-refractivity contribution < 1.29 is 0 Å². The van der Waals surface area contributed by atoms with Crippen LogP contribution in [0.1, 0.15) is 25.0 Å². The molecule has 0 heterocycles.